The summed E-state index contributed by atoms with van der Waals surface area (Å²) in [4.78, 5) is 12.2. The highest BCUT2D eigenvalue weighted by Crippen LogP contribution is 2.25. The average Bonchev–Trinajstić information content (AvgIpc) is 2.70. The fraction of sp³-hybridized carbons (Fsp3) is 0.650. The molecule has 12 heteroatoms. The molecule has 1 atom stereocenters. The Hall–Kier alpha value is -0.456. The molecule has 1 amide bonds. The fourth-order valence-corrected chi connectivity index (χ4v) is 19.0. The Balaban J connectivity index is 2.10. The van der Waals surface area contributed by atoms with Crippen LogP contribution in [-0.4, -0.2) is 64.1 Å². The van der Waals surface area contributed by atoms with Crippen LogP contribution in [-0.2, 0) is 16.8 Å². The minimum Gasteiger partial charge on any atom is -0.435 e. The molecular weight excluding hydrogens is 494 g/mol. The van der Waals surface area contributed by atoms with Crippen molar-refractivity contribution in [2.75, 3.05) is 18.6 Å². The Morgan fingerprint density at radius 3 is 2.59 bits per heavy atom. The molecule has 0 bridgehead atoms. The van der Waals surface area contributed by atoms with Crippen molar-refractivity contribution in [2.24, 2.45) is 0 Å². The number of hydrogen-bond donors (Lipinski definition) is 0. The van der Waals surface area contributed by atoms with E-state index in [1.807, 2.05) is 18.7 Å². The molecule has 0 spiro atoms. The van der Waals surface area contributed by atoms with E-state index in [9.17, 15) is 9.18 Å². The zero-order valence-corrected chi connectivity index (χ0v) is 25.4. The van der Waals surface area contributed by atoms with Crippen molar-refractivity contribution in [1.82, 2.24) is 0 Å². The number of nitrogens with zero attached hydrogens (tertiary/aromatic N) is 1. The number of carbonyl (C=O) groups excluding carboxylic acids is 1. The minimum atomic E-state index is -2.42. The van der Waals surface area contributed by atoms with Crippen LogP contribution in [0, 0.1) is 0 Å². The number of carbonyl (C=O) groups is 1. The Bertz CT molecular complexity index is 761. The highest BCUT2D eigenvalue weighted by Gasteiger charge is 2.38. The lowest BCUT2D eigenvalue weighted by atomic mass is 10.3. The van der Waals surface area contributed by atoms with Gasteiger partial charge in [0.05, 0.1) is 8.07 Å². The van der Waals surface area contributed by atoms with Crippen LogP contribution in [0.15, 0.2) is 24.3 Å². The van der Waals surface area contributed by atoms with Crippen molar-refractivity contribution in [2.45, 2.75) is 70.3 Å². The molecule has 6 nitrogen and oxygen atoms in total. The molecule has 0 aromatic heterocycles. The van der Waals surface area contributed by atoms with E-state index in [0.29, 0.717) is 5.69 Å². The first kappa shape index (κ1) is 27.8. The summed E-state index contributed by atoms with van der Waals surface area (Å²) >= 11 is 0. The van der Waals surface area contributed by atoms with Crippen molar-refractivity contribution in [1.29, 1.82) is 0 Å². The summed E-state index contributed by atoms with van der Waals surface area (Å²) in [6.45, 7) is 13.8. The molecular formula is C20H37FNO5Si5. The lowest BCUT2D eigenvalue weighted by Gasteiger charge is -2.34. The Labute approximate surface area is 200 Å². The molecule has 32 heavy (non-hydrogen) atoms. The molecule has 3 radical (unpaired) electrons. The van der Waals surface area contributed by atoms with Gasteiger partial charge >= 0.3 is 33.3 Å². The van der Waals surface area contributed by atoms with Gasteiger partial charge in [0.1, 0.15) is 0 Å². The third-order valence-corrected chi connectivity index (χ3v) is 20.4. The number of hydrogen-bond acceptors (Lipinski definition) is 5. The lowest BCUT2D eigenvalue weighted by molar-refractivity contribution is 0.224. The Kier molecular flexibility index (Phi) is 10.7. The molecule has 1 heterocycles. The third kappa shape index (κ3) is 8.72. The minimum absolute atomic E-state index is 0.583. The standard InChI is InChI=1S/C20H37FNO5Si5/c1-22(20(21)23)18-11-10-12-19(17-18)31(5,6)15-16-32(7)24-13-8-9-14-28(2)25-29(3)26-30(4)27-32/h10-12,17H,8-9,13-16H2,1-7H3. The van der Waals surface area contributed by atoms with Crippen molar-refractivity contribution >= 4 is 61.3 Å². The number of halogens is 1. The average molecular weight is 531 g/mol. The predicted molar refractivity (Wildman–Crippen MR) is 138 cm³/mol. The Morgan fingerprint density at radius 2 is 1.91 bits per heavy atom. The monoisotopic (exact) mass is 530 g/mol. The van der Waals surface area contributed by atoms with E-state index in [-0.39, 0.29) is 0 Å². The largest absolute Gasteiger partial charge is 0.435 e. The van der Waals surface area contributed by atoms with Crippen LogP contribution >= 0.6 is 0 Å². The van der Waals surface area contributed by atoms with Gasteiger partial charge < -0.3 is 16.8 Å². The molecule has 1 aliphatic heterocycles. The summed E-state index contributed by atoms with van der Waals surface area (Å²) in [5, 5.41) is 1.19. The molecule has 1 fully saturated rings. The van der Waals surface area contributed by atoms with Crippen LogP contribution in [0.3, 0.4) is 0 Å². The van der Waals surface area contributed by atoms with Crippen molar-refractivity contribution < 1.29 is 26.0 Å². The highest BCUT2D eigenvalue weighted by atomic mass is 28.5. The van der Waals surface area contributed by atoms with E-state index < -0.39 is 50.4 Å². The van der Waals surface area contributed by atoms with E-state index in [1.54, 1.807) is 6.07 Å². The summed E-state index contributed by atoms with van der Waals surface area (Å²) in [6, 6.07) is 10.7. The maximum Gasteiger partial charge on any atom is 0.404 e. The second-order valence-electron chi connectivity index (χ2n) is 9.18. The lowest BCUT2D eigenvalue weighted by Crippen LogP contribution is -2.49. The summed E-state index contributed by atoms with van der Waals surface area (Å²) < 4.78 is 38.4. The SMILES string of the molecule is CN(C(=O)F)c1cccc([Si](C)(C)CC[Si]2(C)OCCCC[Si](C)O[Si](C)O[Si](C)O2)c1. The van der Waals surface area contributed by atoms with E-state index in [0.717, 1.165) is 42.5 Å². The highest BCUT2D eigenvalue weighted by molar-refractivity contribution is 6.91. The van der Waals surface area contributed by atoms with Gasteiger partial charge in [-0.3, -0.25) is 4.90 Å². The normalized spacial score (nSPS) is 23.4. The first-order valence-corrected chi connectivity index (χ1v) is 22.6. The summed E-state index contributed by atoms with van der Waals surface area (Å²) in [7, 11) is -6.37. The van der Waals surface area contributed by atoms with Crippen molar-refractivity contribution in [3.8, 4) is 0 Å². The second kappa shape index (κ2) is 12.3. The van der Waals surface area contributed by atoms with Crippen molar-refractivity contribution in [3.05, 3.63) is 24.3 Å². The van der Waals surface area contributed by atoms with E-state index >= 15 is 0 Å². The van der Waals surface area contributed by atoms with Gasteiger partial charge in [0.25, 0.3) is 0 Å². The molecule has 1 saturated heterocycles. The summed E-state index contributed by atoms with van der Waals surface area (Å²) in [5.41, 5.74) is 0.583. The molecule has 179 valence electrons. The predicted octanol–water partition coefficient (Wildman–Crippen LogP) is 4.92. The van der Waals surface area contributed by atoms with Crippen LogP contribution in [0.4, 0.5) is 14.9 Å². The number of rotatable bonds is 5. The summed E-state index contributed by atoms with van der Waals surface area (Å²) in [6.07, 6.45) is 0.691. The van der Waals surface area contributed by atoms with Crippen LogP contribution < -0.4 is 10.1 Å². The molecule has 1 unspecified atom stereocenters. The van der Waals surface area contributed by atoms with E-state index in [1.165, 1.54) is 12.2 Å². The number of amides is 1. The molecule has 2 rings (SSSR count). The number of benzene rings is 1. The van der Waals surface area contributed by atoms with E-state index in [4.69, 9.17) is 16.8 Å². The third-order valence-electron chi connectivity index (χ3n) is 5.78. The summed E-state index contributed by atoms with van der Waals surface area (Å²) in [5.74, 6) is 0. The topological polar surface area (TPSA) is 57.2 Å². The first-order valence-electron chi connectivity index (χ1n) is 11.1. The van der Waals surface area contributed by atoms with Gasteiger partial charge in [-0.1, -0.05) is 42.9 Å². The quantitative estimate of drug-likeness (QED) is 0.307. The second-order valence-corrected chi connectivity index (χ2v) is 23.4. The van der Waals surface area contributed by atoms with Crippen LogP contribution in [0.25, 0.3) is 0 Å². The molecule has 0 saturated carbocycles. The van der Waals surface area contributed by atoms with Gasteiger partial charge in [-0.05, 0) is 56.8 Å². The van der Waals surface area contributed by atoms with E-state index in [2.05, 4.69) is 38.8 Å². The van der Waals surface area contributed by atoms with Gasteiger partial charge in [0, 0.05) is 19.3 Å². The fourth-order valence-electron chi connectivity index (χ4n) is 3.68. The zero-order chi connectivity index (χ0) is 23.9. The van der Waals surface area contributed by atoms with Crippen molar-refractivity contribution in [3.63, 3.8) is 0 Å². The zero-order valence-electron chi connectivity index (χ0n) is 20.4. The molecule has 1 aromatic rings. The van der Waals surface area contributed by atoms with Crippen LogP contribution in [0.1, 0.15) is 12.8 Å². The molecule has 1 aromatic carbocycles. The molecule has 1 aliphatic rings. The maximum absolute atomic E-state index is 13.2. The smallest absolute Gasteiger partial charge is 0.404 e. The number of anilines is 1. The van der Waals surface area contributed by atoms with Gasteiger partial charge in [-0.25, -0.2) is 4.79 Å². The maximum atomic E-state index is 13.2. The van der Waals surface area contributed by atoms with Gasteiger partial charge in [-0.2, -0.15) is 0 Å². The van der Waals surface area contributed by atoms with Crippen LogP contribution in [0.5, 0.6) is 0 Å². The molecule has 0 aliphatic carbocycles. The Morgan fingerprint density at radius 1 is 1.19 bits per heavy atom. The van der Waals surface area contributed by atoms with Gasteiger partial charge in [0.15, 0.2) is 9.04 Å². The van der Waals surface area contributed by atoms with Gasteiger partial charge in [-0.15, -0.1) is 4.39 Å². The first-order chi connectivity index (χ1) is 14.9. The van der Waals surface area contributed by atoms with Crippen LogP contribution in [0.2, 0.25) is 57.4 Å². The molecule has 0 N–H and O–H groups in total. The van der Waals surface area contributed by atoms with Gasteiger partial charge in [0.2, 0.25) is 0 Å².